The first-order valence-electron chi connectivity index (χ1n) is 8.06. The minimum atomic E-state index is -1.13. The van der Waals surface area contributed by atoms with Crippen LogP contribution in [0.5, 0.6) is 5.75 Å². The zero-order valence-corrected chi connectivity index (χ0v) is 14.8. The number of carboxylic acid groups (broad SMARTS) is 1. The van der Waals surface area contributed by atoms with E-state index in [0.717, 1.165) is 10.2 Å². The van der Waals surface area contributed by atoms with Gasteiger partial charge in [-0.05, 0) is 24.1 Å². The van der Waals surface area contributed by atoms with Gasteiger partial charge >= 0.3 is 5.97 Å². The van der Waals surface area contributed by atoms with Crippen molar-refractivity contribution in [3.05, 3.63) is 46.8 Å². The summed E-state index contributed by atoms with van der Waals surface area (Å²) in [7, 11) is 1.55. The molecule has 138 valence electrons. The number of aliphatic carboxylic acids is 1. The number of nitrogens with one attached hydrogen (secondary N) is 1. The lowest BCUT2D eigenvalue weighted by Crippen LogP contribution is -2.46. The number of carbonyl (C=O) groups is 2. The van der Waals surface area contributed by atoms with Gasteiger partial charge in [0.05, 0.1) is 12.8 Å². The number of carbonyl (C=O) groups excluding carboxylic acids is 1. The van der Waals surface area contributed by atoms with E-state index in [1.54, 1.807) is 51.3 Å². The van der Waals surface area contributed by atoms with Crippen molar-refractivity contribution in [1.29, 1.82) is 0 Å². The van der Waals surface area contributed by atoms with Crippen LogP contribution in [0.1, 0.15) is 13.8 Å². The summed E-state index contributed by atoms with van der Waals surface area (Å²) in [5.74, 6) is -1.37. The molecule has 0 aliphatic carbocycles. The Labute approximate surface area is 150 Å². The predicted octanol–water partition coefficient (Wildman–Crippen LogP) is 1.14. The van der Waals surface area contributed by atoms with Crippen molar-refractivity contribution in [2.45, 2.75) is 26.4 Å². The Bertz CT molecular complexity index is 860. The van der Waals surface area contributed by atoms with Crippen LogP contribution in [-0.4, -0.2) is 39.9 Å². The Balaban J connectivity index is 2.23. The zero-order chi connectivity index (χ0) is 19.3. The minimum absolute atomic E-state index is 0.288. The second kappa shape index (κ2) is 8.28. The molecule has 0 saturated heterocycles. The number of hydrogen-bond acceptors (Lipinski definition) is 5. The largest absolute Gasteiger partial charge is 0.497 e. The third kappa shape index (κ3) is 4.69. The number of benzene rings is 1. The lowest BCUT2D eigenvalue weighted by molar-refractivity contribution is -0.143. The van der Waals surface area contributed by atoms with E-state index in [-0.39, 0.29) is 12.5 Å². The Morgan fingerprint density at radius 2 is 2.00 bits per heavy atom. The standard InChI is InChI=1S/C18H21N3O5/c1-11(2)17(18(24)25)19-15(22)10-21-16(23)8-7-14(20-21)12-5-4-6-13(9-12)26-3/h4-9,11,17H,10H2,1-3H3,(H,19,22)(H,24,25)/t17-/m0/s1. The Morgan fingerprint density at radius 1 is 1.27 bits per heavy atom. The molecule has 1 atom stereocenters. The summed E-state index contributed by atoms with van der Waals surface area (Å²) in [6, 6.07) is 8.98. The smallest absolute Gasteiger partial charge is 0.326 e. The molecule has 2 aromatic rings. The molecule has 1 amide bonds. The number of nitrogens with zero attached hydrogens (tertiary/aromatic N) is 2. The van der Waals surface area contributed by atoms with Crippen LogP contribution in [0.4, 0.5) is 0 Å². The second-order valence-corrected chi connectivity index (χ2v) is 6.07. The fraction of sp³-hybridized carbons (Fsp3) is 0.333. The van der Waals surface area contributed by atoms with Crippen LogP contribution >= 0.6 is 0 Å². The summed E-state index contributed by atoms with van der Waals surface area (Å²) in [6.07, 6.45) is 0. The van der Waals surface area contributed by atoms with E-state index >= 15 is 0 Å². The van der Waals surface area contributed by atoms with Gasteiger partial charge in [-0.2, -0.15) is 5.10 Å². The van der Waals surface area contributed by atoms with Gasteiger partial charge in [-0.1, -0.05) is 26.0 Å². The van der Waals surface area contributed by atoms with E-state index in [1.807, 2.05) is 0 Å². The van der Waals surface area contributed by atoms with Crippen molar-refractivity contribution in [2.75, 3.05) is 7.11 Å². The third-order valence-corrected chi connectivity index (χ3v) is 3.77. The molecule has 1 aromatic heterocycles. The highest BCUT2D eigenvalue weighted by Crippen LogP contribution is 2.21. The number of amides is 1. The van der Waals surface area contributed by atoms with E-state index in [4.69, 9.17) is 9.84 Å². The summed E-state index contributed by atoms with van der Waals surface area (Å²) in [5.41, 5.74) is 0.766. The Hall–Kier alpha value is -3.16. The second-order valence-electron chi connectivity index (χ2n) is 6.07. The fourth-order valence-corrected chi connectivity index (χ4v) is 2.37. The number of ether oxygens (including phenoxy) is 1. The van der Waals surface area contributed by atoms with Crippen LogP contribution in [0.25, 0.3) is 11.3 Å². The van der Waals surface area contributed by atoms with Crippen molar-refractivity contribution in [2.24, 2.45) is 5.92 Å². The monoisotopic (exact) mass is 359 g/mol. The molecular formula is C18H21N3O5. The van der Waals surface area contributed by atoms with Crippen molar-refractivity contribution >= 4 is 11.9 Å². The van der Waals surface area contributed by atoms with E-state index in [0.29, 0.717) is 11.4 Å². The summed E-state index contributed by atoms with van der Waals surface area (Å²) in [5, 5.41) is 15.8. The van der Waals surface area contributed by atoms with Gasteiger partial charge in [0, 0.05) is 11.6 Å². The molecule has 26 heavy (non-hydrogen) atoms. The Morgan fingerprint density at radius 3 is 2.62 bits per heavy atom. The van der Waals surface area contributed by atoms with Crippen molar-refractivity contribution < 1.29 is 19.4 Å². The molecule has 0 aliphatic rings. The lowest BCUT2D eigenvalue weighted by Gasteiger charge is -2.18. The SMILES string of the molecule is COc1cccc(-c2ccc(=O)n(CC(=O)N[C@H](C(=O)O)C(C)C)n2)c1. The van der Waals surface area contributed by atoms with Crippen molar-refractivity contribution in [1.82, 2.24) is 15.1 Å². The first-order chi connectivity index (χ1) is 12.3. The number of carboxylic acids is 1. The van der Waals surface area contributed by atoms with Crippen LogP contribution in [0.3, 0.4) is 0 Å². The molecule has 0 aliphatic heterocycles. The van der Waals surface area contributed by atoms with Crippen LogP contribution < -0.4 is 15.6 Å². The molecule has 1 aromatic carbocycles. The maximum Gasteiger partial charge on any atom is 0.326 e. The normalized spacial score (nSPS) is 11.8. The molecule has 2 N–H and O–H groups in total. The summed E-state index contributed by atoms with van der Waals surface area (Å²) < 4.78 is 6.17. The fourth-order valence-electron chi connectivity index (χ4n) is 2.37. The van der Waals surface area contributed by atoms with Crippen LogP contribution in [0, 0.1) is 5.92 Å². The molecule has 2 rings (SSSR count). The molecule has 0 unspecified atom stereocenters. The predicted molar refractivity (Wildman–Crippen MR) is 94.9 cm³/mol. The first kappa shape index (κ1) is 19.2. The van der Waals surface area contributed by atoms with Gasteiger partial charge in [0.25, 0.3) is 5.56 Å². The first-order valence-corrected chi connectivity index (χ1v) is 8.06. The molecule has 8 heteroatoms. The van der Waals surface area contributed by atoms with Crippen LogP contribution in [0.15, 0.2) is 41.2 Å². The maximum absolute atomic E-state index is 12.1. The summed E-state index contributed by atoms with van der Waals surface area (Å²) >= 11 is 0. The van der Waals surface area contributed by atoms with Crippen LogP contribution in [0.2, 0.25) is 0 Å². The average molecular weight is 359 g/mol. The summed E-state index contributed by atoms with van der Waals surface area (Å²) in [4.78, 5) is 35.3. The minimum Gasteiger partial charge on any atom is -0.497 e. The highest BCUT2D eigenvalue weighted by Gasteiger charge is 2.23. The highest BCUT2D eigenvalue weighted by atomic mass is 16.5. The van der Waals surface area contributed by atoms with Gasteiger partial charge < -0.3 is 15.2 Å². The zero-order valence-electron chi connectivity index (χ0n) is 14.8. The van der Waals surface area contributed by atoms with Gasteiger partial charge in [-0.25, -0.2) is 9.48 Å². The van der Waals surface area contributed by atoms with Crippen molar-refractivity contribution in [3.8, 4) is 17.0 Å². The molecule has 0 saturated carbocycles. The molecule has 0 bridgehead atoms. The molecular weight excluding hydrogens is 338 g/mol. The van der Waals surface area contributed by atoms with Crippen LogP contribution in [-0.2, 0) is 16.1 Å². The third-order valence-electron chi connectivity index (χ3n) is 3.77. The summed E-state index contributed by atoms with van der Waals surface area (Å²) in [6.45, 7) is 3.01. The topological polar surface area (TPSA) is 111 Å². The number of rotatable bonds is 7. The number of hydrogen-bond donors (Lipinski definition) is 2. The lowest BCUT2D eigenvalue weighted by atomic mass is 10.1. The average Bonchev–Trinajstić information content (AvgIpc) is 2.61. The quantitative estimate of drug-likeness (QED) is 0.767. The van der Waals surface area contributed by atoms with Gasteiger partial charge in [0.2, 0.25) is 5.91 Å². The van der Waals surface area contributed by atoms with E-state index < -0.39 is 23.5 Å². The Kier molecular flexibility index (Phi) is 6.11. The van der Waals surface area contributed by atoms with E-state index in [9.17, 15) is 14.4 Å². The molecule has 1 heterocycles. The van der Waals surface area contributed by atoms with Gasteiger partial charge in [-0.15, -0.1) is 0 Å². The van der Waals surface area contributed by atoms with Crippen molar-refractivity contribution in [3.63, 3.8) is 0 Å². The van der Waals surface area contributed by atoms with Gasteiger partial charge in [-0.3, -0.25) is 9.59 Å². The number of methoxy groups -OCH3 is 1. The molecule has 0 radical (unpaired) electrons. The van der Waals surface area contributed by atoms with Gasteiger partial charge in [0.15, 0.2) is 0 Å². The molecule has 8 nitrogen and oxygen atoms in total. The molecule has 0 fully saturated rings. The van der Waals surface area contributed by atoms with E-state index in [2.05, 4.69) is 10.4 Å². The van der Waals surface area contributed by atoms with Gasteiger partial charge in [0.1, 0.15) is 18.3 Å². The number of aromatic nitrogens is 2. The molecule has 0 spiro atoms. The maximum atomic E-state index is 12.1. The highest BCUT2D eigenvalue weighted by molar-refractivity contribution is 5.83. The van der Waals surface area contributed by atoms with E-state index in [1.165, 1.54) is 6.07 Å².